The lowest BCUT2D eigenvalue weighted by molar-refractivity contribution is -0.153. The Morgan fingerprint density at radius 2 is 1.65 bits per heavy atom. The largest absolute Gasteiger partial charge is 0.463 e. The number of fused-ring (bicyclic) bond motifs is 2. The van der Waals surface area contributed by atoms with Gasteiger partial charge < -0.3 is 14.7 Å². The standard InChI is InChI=1S/C25H27NO5/c1-3-18(25(29)30-13-12-27)14-17(2)24(28)31-26-16-23-21-10-6-4-8-19(21)15-20-9-5-7-11-22(20)23/h4-11,15-18,27H,3,12-14H2,1-2H3. The van der Waals surface area contributed by atoms with Gasteiger partial charge in [-0.05, 0) is 40.5 Å². The van der Waals surface area contributed by atoms with E-state index in [0.29, 0.717) is 12.8 Å². The maximum Gasteiger partial charge on any atom is 0.337 e. The highest BCUT2D eigenvalue weighted by atomic mass is 16.7. The van der Waals surface area contributed by atoms with Crippen LogP contribution in [-0.2, 0) is 19.2 Å². The Labute approximate surface area is 181 Å². The molecule has 0 radical (unpaired) electrons. The zero-order valence-corrected chi connectivity index (χ0v) is 17.8. The molecule has 0 aliphatic carbocycles. The van der Waals surface area contributed by atoms with Gasteiger partial charge in [0.1, 0.15) is 6.61 Å². The maximum absolute atomic E-state index is 12.4. The Bertz CT molecular complexity index is 1040. The fourth-order valence-corrected chi connectivity index (χ4v) is 3.63. The number of carbonyl (C=O) groups excluding carboxylic acids is 2. The Morgan fingerprint density at radius 1 is 1.03 bits per heavy atom. The summed E-state index contributed by atoms with van der Waals surface area (Å²) >= 11 is 0. The molecule has 0 aromatic heterocycles. The van der Waals surface area contributed by atoms with Gasteiger partial charge >= 0.3 is 11.9 Å². The molecule has 2 unspecified atom stereocenters. The van der Waals surface area contributed by atoms with Crippen molar-refractivity contribution in [2.45, 2.75) is 26.7 Å². The predicted molar refractivity (Wildman–Crippen MR) is 121 cm³/mol. The van der Waals surface area contributed by atoms with Crippen LogP contribution in [-0.4, -0.2) is 36.5 Å². The maximum atomic E-state index is 12.4. The highest BCUT2D eigenvalue weighted by Gasteiger charge is 2.25. The minimum Gasteiger partial charge on any atom is -0.463 e. The van der Waals surface area contributed by atoms with Crippen molar-refractivity contribution in [3.05, 3.63) is 60.2 Å². The smallest absolute Gasteiger partial charge is 0.337 e. The molecule has 1 N–H and O–H groups in total. The van der Waals surface area contributed by atoms with Gasteiger partial charge in [-0.2, -0.15) is 0 Å². The summed E-state index contributed by atoms with van der Waals surface area (Å²) in [4.78, 5) is 29.6. The highest BCUT2D eigenvalue weighted by Crippen LogP contribution is 2.27. The third kappa shape index (κ3) is 5.47. The van der Waals surface area contributed by atoms with Crippen molar-refractivity contribution < 1.29 is 24.3 Å². The van der Waals surface area contributed by atoms with Crippen LogP contribution < -0.4 is 0 Å². The number of nitrogens with zero attached hydrogens (tertiary/aromatic N) is 1. The summed E-state index contributed by atoms with van der Waals surface area (Å²) < 4.78 is 4.97. The summed E-state index contributed by atoms with van der Waals surface area (Å²) in [6.45, 7) is 3.29. The Balaban J connectivity index is 1.73. The first-order chi connectivity index (χ1) is 15.0. The molecular formula is C25H27NO5. The fraction of sp³-hybridized carbons (Fsp3) is 0.320. The van der Waals surface area contributed by atoms with Gasteiger partial charge in [0.25, 0.3) is 0 Å². The number of esters is 1. The molecular weight excluding hydrogens is 394 g/mol. The van der Waals surface area contributed by atoms with Crippen LogP contribution in [0.4, 0.5) is 0 Å². The minimum atomic E-state index is -0.520. The molecule has 0 saturated carbocycles. The Kier molecular flexibility index (Phi) is 7.73. The molecule has 0 fully saturated rings. The third-order valence-electron chi connectivity index (χ3n) is 5.34. The minimum absolute atomic E-state index is 0.0442. The van der Waals surface area contributed by atoms with Gasteiger partial charge in [-0.3, -0.25) is 4.79 Å². The van der Waals surface area contributed by atoms with Crippen molar-refractivity contribution >= 4 is 39.7 Å². The molecule has 6 heteroatoms. The lowest BCUT2D eigenvalue weighted by Gasteiger charge is -2.16. The second-order valence-electron chi connectivity index (χ2n) is 7.51. The van der Waals surface area contributed by atoms with E-state index in [1.165, 1.54) is 0 Å². The molecule has 3 rings (SSSR count). The number of aliphatic hydroxyl groups is 1. The van der Waals surface area contributed by atoms with Crippen molar-refractivity contribution in [1.82, 2.24) is 0 Å². The quantitative estimate of drug-likeness (QED) is 0.181. The first kappa shape index (κ1) is 22.4. The summed E-state index contributed by atoms with van der Waals surface area (Å²) in [5.74, 6) is -1.87. The van der Waals surface area contributed by atoms with E-state index in [2.05, 4.69) is 11.2 Å². The third-order valence-corrected chi connectivity index (χ3v) is 5.34. The molecule has 0 saturated heterocycles. The van der Waals surface area contributed by atoms with E-state index in [-0.39, 0.29) is 13.2 Å². The van der Waals surface area contributed by atoms with Gasteiger partial charge in [-0.15, -0.1) is 0 Å². The number of rotatable bonds is 9. The lowest BCUT2D eigenvalue weighted by Crippen LogP contribution is -2.24. The van der Waals surface area contributed by atoms with Crippen LogP contribution in [0, 0.1) is 11.8 Å². The number of aliphatic hydroxyl groups excluding tert-OH is 1. The first-order valence-electron chi connectivity index (χ1n) is 10.5. The molecule has 3 aromatic rings. The highest BCUT2D eigenvalue weighted by molar-refractivity contribution is 6.13. The van der Waals surface area contributed by atoms with E-state index >= 15 is 0 Å². The molecule has 162 valence electrons. The second-order valence-corrected chi connectivity index (χ2v) is 7.51. The molecule has 0 aliphatic heterocycles. The Hall–Kier alpha value is -3.25. The molecule has 0 aliphatic rings. The molecule has 0 heterocycles. The SMILES string of the molecule is CCC(CC(C)C(=O)ON=Cc1c2ccccc2cc2ccccc12)C(=O)OCCO. The molecule has 6 nitrogen and oxygen atoms in total. The average Bonchev–Trinajstić information content (AvgIpc) is 2.80. The summed E-state index contributed by atoms with van der Waals surface area (Å²) in [7, 11) is 0. The van der Waals surface area contributed by atoms with Crippen LogP contribution in [0.3, 0.4) is 0 Å². The number of hydrogen-bond donors (Lipinski definition) is 1. The van der Waals surface area contributed by atoms with Gasteiger partial charge in [-0.1, -0.05) is 67.5 Å². The van der Waals surface area contributed by atoms with Crippen LogP contribution in [0.15, 0.2) is 59.8 Å². The lowest BCUT2D eigenvalue weighted by atomic mass is 9.94. The van der Waals surface area contributed by atoms with Gasteiger partial charge in [0.2, 0.25) is 0 Å². The Morgan fingerprint density at radius 3 is 2.23 bits per heavy atom. The monoisotopic (exact) mass is 421 g/mol. The predicted octanol–water partition coefficient (Wildman–Crippen LogP) is 4.46. The molecule has 31 heavy (non-hydrogen) atoms. The second kappa shape index (κ2) is 10.7. The number of carbonyl (C=O) groups is 2. The van der Waals surface area contributed by atoms with E-state index in [9.17, 15) is 9.59 Å². The van der Waals surface area contributed by atoms with E-state index in [1.54, 1.807) is 13.1 Å². The topological polar surface area (TPSA) is 85.2 Å². The molecule has 0 spiro atoms. The van der Waals surface area contributed by atoms with E-state index < -0.39 is 23.8 Å². The normalized spacial score (nSPS) is 13.4. The van der Waals surface area contributed by atoms with Crippen LogP contribution in [0.1, 0.15) is 32.3 Å². The van der Waals surface area contributed by atoms with E-state index in [0.717, 1.165) is 27.1 Å². The van der Waals surface area contributed by atoms with Crippen molar-refractivity contribution in [2.24, 2.45) is 17.0 Å². The first-order valence-corrected chi connectivity index (χ1v) is 10.5. The average molecular weight is 421 g/mol. The molecule has 0 bridgehead atoms. The summed E-state index contributed by atoms with van der Waals surface area (Å²) in [6, 6.07) is 18.1. The molecule has 0 amide bonds. The number of oxime groups is 1. The van der Waals surface area contributed by atoms with Gasteiger partial charge in [0, 0.05) is 5.56 Å². The summed E-state index contributed by atoms with van der Waals surface area (Å²) in [6.07, 6.45) is 2.40. The zero-order chi connectivity index (χ0) is 22.2. The number of benzene rings is 3. The fourth-order valence-electron chi connectivity index (χ4n) is 3.63. The van der Waals surface area contributed by atoms with Crippen LogP contribution in [0.25, 0.3) is 21.5 Å². The molecule has 3 aromatic carbocycles. The van der Waals surface area contributed by atoms with Crippen LogP contribution in [0.5, 0.6) is 0 Å². The number of ether oxygens (including phenoxy) is 1. The van der Waals surface area contributed by atoms with Crippen LogP contribution >= 0.6 is 0 Å². The van der Waals surface area contributed by atoms with Crippen molar-refractivity contribution in [3.8, 4) is 0 Å². The zero-order valence-electron chi connectivity index (χ0n) is 17.8. The summed E-state index contributed by atoms with van der Waals surface area (Å²) in [5, 5.41) is 17.0. The van der Waals surface area contributed by atoms with Gasteiger partial charge in [0.15, 0.2) is 0 Å². The number of hydrogen-bond acceptors (Lipinski definition) is 6. The summed E-state index contributed by atoms with van der Waals surface area (Å²) in [5.41, 5.74) is 0.883. The van der Waals surface area contributed by atoms with Crippen LogP contribution in [0.2, 0.25) is 0 Å². The molecule has 2 atom stereocenters. The van der Waals surface area contributed by atoms with Crippen molar-refractivity contribution in [3.63, 3.8) is 0 Å². The van der Waals surface area contributed by atoms with E-state index in [1.807, 2.05) is 55.5 Å². The van der Waals surface area contributed by atoms with Gasteiger partial charge in [0.05, 0.1) is 24.7 Å². The van der Waals surface area contributed by atoms with Crippen molar-refractivity contribution in [2.75, 3.05) is 13.2 Å². The van der Waals surface area contributed by atoms with Gasteiger partial charge in [-0.25, -0.2) is 4.79 Å². The van der Waals surface area contributed by atoms with E-state index in [4.69, 9.17) is 14.7 Å². The van der Waals surface area contributed by atoms with Crippen molar-refractivity contribution in [1.29, 1.82) is 0 Å².